The number of carbonyl (C=O) groups excluding carboxylic acids is 1. The maximum atomic E-state index is 11.7. The third-order valence-electron chi connectivity index (χ3n) is 2.54. The van der Waals surface area contributed by atoms with E-state index in [4.69, 9.17) is 5.11 Å². The quantitative estimate of drug-likeness (QED) is 0.794. The van der Waals surface area contributed by atoms with Crippen molar-refractivity contribution in [3.8, 4) is 0 Å². The van der Waals surface area contributed by atoms with Crippen molar-refractivity contribution in [3.05, 3.63) is 27.8 Å². The molecule has 0 radical (unpaired) electrons. The molecule has 0 aliphatic carbocycles. The lowest BCUT2D eigenvalue weighted by molar-refractivity contribution is -0.117. The number of amides is 1. The van der Waals surface area contributed by atoms with E-state index >= 15 is 0 Å². The monoisotopic (exact) mass is 348 g/mol. The molecule has 0 aliphatic rings. The normalized spacial score (nSPS) is 12.5. The molecule has 5 heteroatoms. The molecule has 0 aliphatic heterocycles. The van der Waals surface area contributed by atoms with Crippen LogP contribution in [0.4, 0.5) is 5.69 Å². The number of aliphatic hydroxyl groups excluding tert-OH is 1. The molecule has 0 heterocycles. The van der Waals surface area contributed by atoms with Gasteiger partial charge < -0.3 is 10.4 Å². The van der Waals surface area contributed by atoms with E-state index in [0.717, 1.165) is 9.26 Å². The van der Waals surface area contributed by atoms with E-state index in [2.05, 4.69) is 27.9 Å². The van der Waals surface area contributed by atoms with Crippen LogP contribution in [0.15, 0.2) is 24.3 Å². The summed E-state index contributed by atoms with van der Waals surface area (Å²) in [6.45, 7) is 2.19. The molecule has 0 fully saturated rings. The molecular formula is C12H17IN2O2. The van der Waals surface area contributed by atoms with Crippen molar-refractivity contribution < 1.29 is 9.90 Å². The average Bonchev–Trinajstić information content (AvgIpc) is 2.30. The van der Waals surface area contributed by atoms with Gasteiger partial charge in [-0.25, -0.2) is 0 Å². The van der Waals surface area contributed by atoms with E-state index in [1.165, 1.54) is 0 Å². The third kappa shape index (κ3) is 5.01. The topological polar surface area (TPSA) is 52.6 Å². The van der Waals surface area contributed by atoms with E-state index in [1.54, 1.807) is 0 Å². The van der Waals surface area contributed by atoms with Gasteiger partial charge in [0.1, 0.15) is 0 Å². The van der Waals surface area contributed by atoms with Gasteiger partial charge in [-0.15, -0.1) is 0 Å². The van der Waals surface area contributed by atoms with Gasteiger partial charge in [0.2, 0.25) is 5.91 Å². The minimum absolute atomic E-state index is 0.0162. The molecule has 1 unspecified atom stereocenters. The molecule has 0 spiro atoms. The van der Waals surface area contributed by atoms with Gasteiger partial charge in [-0.3, -0.25) is 9.69 Å². The average molecular weight is 348 g/mol. The number of likely N-dealkylation sites (N-methyl/N-ethyl adjacent to an activating group) is 1. The Bertz CT molecular complexity index is 367. The number of aliphatic hydroxyl groups is 1. The lowest BCUT2D eigenvalue weighted by Crippen LogP contribution is -2.38. The largest absolute Gasteiger partial charge is 0.395 e. The summed E-state index contributed by atoms with van der Waals surface area (Å²) in [5.74, 6) is -0.0750. The standard InChI is InChI=1S/C12H17IN2O2/c1-9(8-16)15(2)7-12(17)14-11-5-3-10(13)4-6-11/h3-6,9,16H,7-8H2,1-2H3,(H,14,17). The van der Waals surface area contributed by atoms with Crippen molar-refractivity contribution in [1.82, 2.24) is 4.90 Å². The SMILES string of the molecule is CC(CO)N(C)CC(=O)Nc1ccc(I)cc1. The van der Waals surface area contributed by atoms with Crippen LogP contribution in [0.3, 0.4) is 0 Å². The Morgan fingerprint density at radius 1 is 1.47 bits per heavy atom. The maximum absolute atomic E-state index is 11.7. The van der Waals surface area contributed by atoms with E-state index in [9.17, 15) is 4.79 Å². The number of nitrogens with zero attached hydrogens (tertiary/aromatic N) is 1. The summed E-state index contributed by atoms with van der Waals surface area (Å²) in [7, 11) is 1.81. The van der Waals surface area contributed by atoms with Crippen LogP contribution in [0, 0.1) is 3.57 Å². The van der Waals surface area contributed by atoms with Crippen molar-refractivity contribution in [2.75, 3.05) is 25.5 Å². The van der Waals surface area contributed by atoms with Crippen LogP contribution < -0.4 is 5.32 Å². The zero-order valence-corrected chi connectivity index (χ0v) is 12.1. The molecule has 17 heavy (non-hydrogen) atoms. The summed E-state index contributed by atoms with van der Waals surface area (Å²) in [6, 6.07) is 7.61. The Labute approximate surface area is 115 Å². The molecule has 1 aromatic carbocycles. The summed E-state index contributed by atoms with van der Waals surface area (Å²) in [4.78, 5) is 13.5. The number of nitrogens with one attached hydrogen (secondary N) is 1. The molecule has 2 N–H and O–H groups in total. The molecule has 0 aromatic heterocycles. The van der Waals surface area contributed by atoms with Gasteiger partial charge in [-0.05, 0) is 60.8 Å². The van der Waals surface area contributed by atoms with Crippen LogP contribution >= 0.6 is 22.6 Å². The van der Waals surface area contributed by atoms with Crippen molar-refractivity contribution in [1.29, 1.82) is 0 Å². The lowest BCUT2D eigenvalue weighted by atomic mass is 10.3. The smallest absolute Gasteiger partial charge is 0.238 e. The highest BCUT2D eigenvalue weighted by molar-refractivity contribution is 14.1. The van der Waals surface area contributed by atoms with Crippen molar-refractivity contribution in [3.63, 3.8) is 0 Å². The zero-order chi connectivity index (χ0) is 12.8. The molecule has 0 saturated heterocycles. The first kappa shape index (κ1) is 14.4. The Kier molecular flexibility index (Phi) is 5.87. The Hall–Kier alpha value is -0.660. The molecule has 4 nitrogen and oxygen atoms in total. The predicted octanol–water partition coefficient (Wildman–Crippen LogP) is 1.54. The number of benzene rings is 1. The summed E-state index contributed by atoms with van der Waals surface area (Å²) in [6.07, 6.45) is 0. The summed E-state index contributed by atoms with van der Waals surface area (Å²) in [5.41, 5.74) is 0.792. The van der Waals surface area contributed by atoms with Crippen molar-refractivity contribution in [2.24, 2.45) is 0 Å². The Morgan fingerprint density at radius 2 is 2.06 bits per heavy atom. The number of anilines is 1. The first-order chi connectivity index (χ1) is 8.02. The number of hydrogen-bond donors (Lipinski definition) is 2. The van der Waals surface area contributed by atoms with Crippen LogP contribution in [0.25, 0.3) is 0 Å². The minimum Gasteiger partial charge on any atom is -0.395 e. The summed E-state index contributed by atoms with van der Waals surface area (Å²) in [5, 5.41) is 11.8. The van der Waals surface area contributed by atoms with Crippen LogP contribution in [-0.4, -0.2) is 42.2 Å². The predicted molar refractivity (Wildman–Crippen MR) is 77.0 cm³/mol. The Balaban J connectivity index is 2.47. The van der Waals surface area contributed by atoms with E-state index < -0.39 is 0 Å². The van der Waals surface area contributed by atoms with Gasteiger partial charge in [0.25, 0.3) is 0 Å². The molecular weight excluding hydrogens is 331 g/mol. The number of hydrogen-bond acceptors (Lipinski definition) is 3. The fourth-order valence-corrected chi connectivity index (χ4v) is 1.62. The first-order valence-corrected chi connectivity index (χ1v) is 6.47. The molecule has 1 atom stereocenters. The highest BCUT2D eigenvalue weighted by atomic mass is 127. The Morgan fingerprint density at radius 3 is 2.59 bits per heavy atom. The second kappa shape index (κ2) is 6.93. The number of halogens is 1. The van der Waals surface area contributed by atoms with Crippen LogP contribution in [0.1, 0.15) is 6.92 Å². The molecule has 1 amide bonds. The van der Waals surface area contributed by atoms with Gasteiger partial charge in [-0.2, -0.15) is 0 Å². The van der Waals surface area contributed by atoms with Gasteiger partial charge >= 0.3 is 0 Å². The van der Waals surface area contributed by atoms with Crippen LogP contribution in [0.5, 0.6) is 0 Å². The molecule has 0 bridgehead atoms. The van der Waals surface area contributed by atoms with E-state index in [1.807, 2.05) is 43.1 Å². The second-order valence-corrected chi connectivity index (χ2v) is 5.25. The first-order valence-electron chi connectivity index (χ1n) is 5.39. The maximum Gasteiger partial charge on any atom is 0.238 e. The summed E-state index contributed by atoms with van der Waals surface area (Å²) >= 11 is 2.21. The lowest BCUT2D eigenvalue weighted by Gasteiger charge is -2.21. The van der Waals surface area contributed by atoms with E-state index in [0.29, 0.717) is 0 Å². The zero-order valence-electron chi connectivity index (χ0n) is 9.98. The van der Waals surface area contributed by atoms with Gasteiger partial charge in [0.05, 0.1) is 13.2 Å². The number of rotatable bonds is 5. The number of carbonyl (C=O) groups is 1. The molecule has 0 saturated carbocycles. The van der Waals surface area contributed by atoms with Crippen molar-refractivity contribution in [2.45, 2.75) is 13.0 Å². The highest BCUT2D eigenvalue weighted by Crippen LogP contribution is 2.11. The summed E-state index contributed by atoms with van der Waals surface area (Å²) < 4.78 is 1.13. The van der Waals surface area contributed by atoms with Crippen LogP contribution in [-0.2, 0) is 4.79 Å². The fourth-order valence-electron chi connectivity index (χ4n) is 1.26. The second-order valence-electron chi connectivity index (χ2n) is 4.00. The highest BCUT2D eigenvalue weighted by Gasteiger charge is 2.11. The van der Waals surface area contributed by atoms with Gasteiger partial charge in [-0.1, -0.05) is 0 Å². The van der Waals surface area contributed by atoms with Gasteiger partial charge in [0.15, 0.2) is 0 Å². The molecule has 1 rings (SSSR count). The van der Waals surface area contributed by atoms with Crippen molar-refractivity contribution >= 4 is 34.2 Å². The van der Waals surface area contributed by atoms with Crippen LogP contribution in [0.2, 0.25) is 0 Å². The minimum atomic E-state index is -0.0750. The fraction of sp³-hybridized carbons (Fsp3) is 0.417. The molecule has 1 aromatic rings. The third-order valence-corrected chi connectivity index (χ3v) is 3.26. The molecule has 94 valence electrons. The van der Waals surface area contributed by atoms with Gasteiger partial charge in [0, 0.05) is 15.3 Å². The van der Waals surface area contributed by atoms with E-state index in [-0.39, 0.29) is 25.1 Å².